The molecule has 0 aliphatic rings. The van der Waals surface area contributed by atoms with E-state index < -0.39 is 11.9 Å². The largest absolute Gasteiger partial charge is 4.00 e. The summed E-state index contributed by atoms with van der Waals surface area (Å²) in [5.74, 6) is -2.67. The Bertz CT molecular complexity index is 286. The molecule has 0 saturated heterocycles. The number of rotatable bonds is 2. The van der Waals surface area contributed by atoms with Gasteiger partial charge in [0.25, 0.3) is 0 Å². The molecule has 14 heavy (non-hydrogen) atoms. The second-order valence-electron chi connectivity index (χ2n) is 2.15. The van der Waals surface area contributed by atoms with Gasteiger partial charge in [-0.1, -0.05) is 24.3 Å². The summed E-state index contributed by atoms with van der Waals surface area (Å²) in [7, 11) is 0. The van der Waals surface area contributed by atoms with Crippen molar-refractivity contribution < 1.29 is 42.3 Å². The number of aromatic carboxylic acids is 2. The van der Waals surface area contributed by atoms with E-state index in [9.17, 15) is 19.8 Å². The summed E-state index contributed by atoms with van der Waals surface area (Å²) in [5.41, 5.74) is -0.111. The maximum absolute atomic E-state index is 10.2. The summed E-state index contributed by atoms with van der Waals surface area (Å²) in [5, 5.41) is 20.4. The summed E-state index contributed by atoms with van der Waals surface area (Å²) in [6.45, 7) is 0. The van der Waals surface area contributed by atoms with Crippen LogP contribution in [0.15, 0.2) is 24.3 Å². The molecule has 0 radical (unpaired) electrons. The topological polar surface area (TPSA) is 110 Å². The van der Waals surface area contributed by atoms with Crippen LogP contribution in [0.25, 0.3) is 0 Å². The average molecular weight is 237 g/mol. The smallest absolute Gasteiger partial charge is 0.870 e. The molecule has 1 aromatic carbocycles. The van der Waals surface area contributed by atoms with Gasteiger partial charge in [0.05, 0.1) is 11.9 Å². The molecule has 0 aliphatic carbocycles. The summed E-state index contributed by atoms with van der Waals surface area (Å²) < 4.78 is 0. The number of carboxylic acids is 2. The third-order valence-corrected chi connectivity index (χ3v) is 1.36. The van der Waals surface area contributed by atoms with Crippen LogP contribution in [0.2, 0.25) is 0 Å². The first-order valence-corrected chi connectivity index (χ1v) is 3.14. The van der Waals surface area contributed by atoms with Crippen LogP contribution in [0.3, 0.4) is 0 Å². The van der Waals surface area contributed by atoms with Gasteiger partial charge in [0.15, 0.2) is 0 Å². The first-order chi connectivity index (χ1) is 5.61. The number of hydrogen-bond acceptors (Lipinski definition) is 5. The van der Waals surface area contributed by atoms with E-state index in [1.165, 1.54) is 0 Å². The Hall–Kier alpha value is -1.36. The number of carbonyl (C=O) groups excluding carboxylic acids is 2. The van der Waals surface area contributed by atoms with Crippen LogP contribution in [0.4, 0.5) is 0 Å². The standard InChI is InChI=1S/C8H6O4.Fe.H2O/c9-7(10)5-1-2-6(4-3-5)8(11)12;;/h1-4H,(H,9,10)(H,11,12);;1H2/q;+4;/p-3. The minimum Gasteiger partial charge on any atom is -0.870 e. The third kappa shape index (κ3) is 3.57. The van der Waals surface area contributed by atoms with Crippen LogP contribution in [0.1, 0.15) is 20.7 Å². The molecule has 1 aromatic rings. The van der Waals surface area contributed by atoms with E-state index in [-0.39, 0.29) is 33.7 Å². The Labute approximate surface area is 90.1 Å². The molecule has 0 amide bonds. The van der Waals surface area contributed by atoms with Gasteiger partial charge in [0.1, 0.15) is 0 Å². The van der Waals surface area contributed by atoms with Crippen molar-refractivity contribution >= 4 is 11.9 Å². The van der Waals surface area contributed by atoms with Crippen molar-refractivity contribution in [3.8, 4) is 0 Å². The second kappa shape index (κ2) is 6.15. The van der Waals surface area contributed by atoms with Crippen molar-refractivity contribution in [2.45, 2.75) is 0 Å². The van der Waals surface area contributed by atoms with E-state index in [0.29, 0.717) is 0 Å². The van der Waals surface area contributed by atoms with Crippen molar-refractivity contribution in [2.24, 2.45) is 0 Å². The maximum Gasteiger partial charge on any atom is 4.00 e. The van der Waals surface area contributed by atoms with Gasteiger partial charge in [-0.25, -0.2) is 0 Å². The molecule has 0 fully saturated rings. The van der Waals surface area contributed by atoms with Crippen LogP contribution in [-0.4, -0.2) is 17.4 Å². The Morgan fingerprint density at radius 2 is 1.07 bits per heavy atom. The molecule has 0 unspecified atom stereocenters. The summed E-state index contributed by atoms with van der Waals surface area (Å²) in [4.78, 5) is 20.4. The summed E-state index contributed by atoms with van der Waals surface area (Å²) >= 11 is 0. The SMILES string of the molecule is O=C([O-])c1ccc(C(=O)[O-])cc1.[Fe+4].[OH-]. The maximum atomic E-state index is 10.2. The first kappa shape index (κ1) is 15.1. The van der Waals surface area contributed by atoms with Gasteiger partial charge < -0.3 is 25.3 Å². The van der Waals surface area contributed by atoms with Gasteiger partial charge in [-0.3, -0.25) is 0 Å². The predicted octanol–water partition coefficient (Wildman–Crippen LogP) is -1.77. The van der Waals surface area contributed by atoms with Crippen molar-refractivity contribution in [3.63, 3.8) is 0 Å². The van der Waals surface area contributed by atoms with Crippen LogP contribution in [-0.2, 0) is 17.1 Å². The molecule has 0 bridgehead atoms. The Morgan fingerprint density at radius 1 is 0.857 bits per heavy atom. The van der Waals surface area contributed by atoms with Gasteiger partial charge in [0, 0.05) is 0 Å². The van der Waals surface area contributed by atoms with Gasteiger partial charge in [-0.2, -0.15) is 0 Å². The molecule has 6 heteroatoms. The van der Waals surface area contributed by atoms with E-state index >= 15 is 0 Å². The molecule has 0 aliphatic heterocycles. The fraction of sp³-hybridized carbons (Fsp3) is 0. The molecule has 0 heterocycles. The van der Waals surface area contributed by atoms with E-state index in [4.69, 9.17) is 0 Å². The van der Waals surface area contributed by atoms with E-state index in [1.54, 1.807) is 0 Å². The first-order valence-electron chi connectivity index (χ1n) is 3.14. The van der Waals surface area contributed by atoms with E-state index in [0.717, 1.165) is 24.3 Å². The number of carbonyl (C=O) groups is 2. The summed E-state index contributed by atoms with van der Waals surface area (Å²) in [6.07, 6.45) is 0. The fourth-order valence-corrected chi connectivity index (χ4v) is 0.742. The zero-order chi connectivity index (χ0) is 9.14. The molecular weight excluding hydrogens is 232 g/mol. The van der Waals surface area contributed by atoms with Gasteiger partial charge in [-0.05, 0) is 11.1 Å². The second-order valence-corrected chi connectivity index (χ2v) is 2.15. The number of hydrogen-bond donors (Lipinski definition) is 0. The van der Waals surface area contributed by atoms with Gasteiger partial charge in [-0.15, -0.1) is 0 Å². The normalized spacial score (nSPS) is 8.00. The van der Waals surface area contributed by atoms with Gasteiger partial charge in [0.2, 0.25) is 0 Å². The zero-order valence-corrected chi connectivity index (χ0v) is 7.85. The molecule has 74 valence electrons. The predicted molar refractivity (Wildman–Crippen MR) is 37.0 cm³/mol. The third-order valence-electron chi connectivity index (χ3n) is 1.36. The van der Waals surface area contributed by atoms with Crippen LogP contribution in [0, 0.1) is 0 Å². The molecule has 1 N–H and O–H groups in total. The van der Waals surface area contributed by atoms with Crippen molar-refractivity contribution in [1.82, 2.24) is 0 Å². The molecule has 0 saturated carbocycles. The van der Waals surface area contributed by atoms with Crippen molar-refractivity contribution in [3.05, 3.63) is 35.4 Å². The molecule has 0 atom stereocenters. The number of benzene rings is 1. The molecule has 5 nitrogen and oxygen atoms in total. The molecule has 1 rings (SSSR count). The van der Waals surface area contributed by atoms with Crippen molar-refractivity contribution in [2.75, 3.05) is 0 Å². The fourth-order valence-electron chi connectivity index (χ4n) is 0.742. The molecule has 0 aromatic heterocycles. The van der Waals surface area contributed by atoms with Crippen molar-refractivity contribution in [1.29, 1.82) is 0 Å². The molecule has 0 spiro atoms. The van der Waals surface area contributed by atoms with E-state index in [2.05, 4.69) is 0 Å². The zero-order valence-electron chi connectivity index (χ0n) is 6.74. The van der Waals surface area contributed by atoms with Crippen LogP contribution >= 0.6 is 0 Å². The molecular formula is C8H5FeO5+. The summed E-state index contributed by atoms with van der Waals surface area (Å²) in [6, 6.07) is 4.61. The average Bonchev–Trinajstić information content (AvgIpc) is 2.04. The number of carboxylic acid groups (broad SMARTS) is 2. The van der Waals surface area contributed by atoms with Crippen LogP contribution < -0.4 is 10.2 Å². The Kier molecular flexibility index (Phi) is 6.64. The quantitative estimate of drug-likeness (QED) is 0.565. The minimum atomic E-state index is -1.33. The van der Waals surface area contributed by atoms with Gasteiger partial charge >= 0.3 is 17.1 Å². The van der Waals surface area contributed by atoms with E-state index in [1.807, 2.05) is 0 Å². The minimum absolute atomic E-state index is 0. The Balaban J connectivity index is 0. The monoisotopic (exact) mass is 237 g/mol. The Morgan fingerprint density at radius 3 is 1.21 bits per heavy atom. The van der Waals surface area contributed by atoms with Crippen LogP contribution in [0.5, 0.6) is 0 Å².